The predicted octanol–water partition coefficient (Wildman–Crippen LogP) is 1.82. The molecule has 0 aliphatic heterocycles. The van der Waals surface area contributed by atoms with E-state index in [2.05, 4.69) is 5.32 Å². The molecule has 1 aromatic rings. The predicted molar refractivity (Wildman–Crippen MR) is 55.5 cm³/mol. The molecule has 2 N–H and O–H groups in total. The first-order chi connectivity index (χ1) is 7.86. The standard InChI is InChI=1S/C11H12F3NO2/c1-7(6-16)15-10(17)8-4-2-3-5-9(8)11(12,13)14/h2-5,7,16H,6H2,1H3,(H,15,17)/t7-/m0/s1. The van der Waals surface area contributed by atoms with Crippen LogP contribution in [0.1, 0.15) is 22.8 Å². The van der Waals surface area contributed by atoms with Crippen molar-refractivity contribution in [3.63, 3.8) is 0 Å². The van der Waals surface area contributed by atoms with E-state index in [-0.39, 0.29) is 6.61 Å². The number of benzene rings is 1. The van der Waals surface area contributed by atoms with Crippen LogP contribution in [0.15, 0.2) is 24.3 Å². The maximum Gasteiger partial charge on any atom is 0.417 e. The van der Waals surface area contributed by atoms with Gasteiger partial charge in [-0.1, -0.05) is 12.1 Å². The second-order valence-corrected chi connectivity index (χ2v) is 3.60. The molecule has 0 spiro atoms. The highest BCUT2D eigenvalue weighted by molar-refractivity contribution is 5.96. The topological polar surface area (TPSA) is 49.3 Å². The minimum absolute atomic E-state index is 0.333. The number of carbonyl (C=O) groups is 1. The van der Waals surface area contributed by atoms with E-state index in [1.807, 2.05) is 0 Å². The first-order valence-corrected chi connectivity index (χ1v) is 4.94. The van der Waals surface area contributed by atoms with Crippen LogP contribution in [0.2, 0.25) is 0 Å². The van der Waals surface area contributed by atoms with Crippen molar-refractivity contribution in [3.8, 4) is 0 Å². The zero-order valence-electron chi connectivity index (χ0n) is 9.08. The molecule has 1 rings (SSSR count). The van der Waals surface area contributed by atoms with Gasteiger partial charge in [0.15, 0.2) is 0 Å². The zero-order chi connectivity index (χ0) is 13.1. The third kappa shape index (κ3) is 3.45. The maximum atomic E-state index is 12.6. The molecule has 0 saturated heterocycles. The molecular formula is C11H12F3NO2. The van der Waals surface area contributed by atoms with E-state index < -0.39 is 29.3 Å². The molecule has 0 radical (unpaired) electrons. The fourth-order valence-electron chi connectivity index (χ4n) is 1.28. The van der Waals surface area contributed by atoms with Gasteiger partial charge in [-0.05, 0) is 19.1 Å². The average Bonchev–Trinajstić information content (AvgIpc) is 2.27. The second kappa shape index (κ2) is 5.18. The summed E-state index contributed by atoms with van der Waals surface area (Å²) >= 11 is 0. The van der Waals surface area contributed by atoms with E-state index in [4.69, 9.17) is 5.11 Å². The summed E-state index contributed by atoms with van der Waals surface area (Å²) < 4.78 is 37.8. The van der Waals surface area contributed by atoms with Gasteiger partial charge in [-0.25, -0.2) is 0 Å². The quantitative estimate of drug-likeness (QED) is 0.855. The van der Waals surface area contributed by atoms with Crippen molar-refractivity contribution in [1.29, 1.82) is 0 Å². The lowest BCUT2D eigenvalue weighted by Gasteiger charge is -2.15. The molecule has 0 saturated carbocycles. The molecule has 1 amide bonds. The number of hydrogen-bond donors (Lipinski definition) is 2. The Labute approximate surface area is 96.3 Å². The highest BCUT2D eigenvalue weighted by Crippen LogP contribution is 2.31. The smallest absolute Gasteiger partial charge is 0.394 e. The van der Waals surface area contributed by atoms with Gasteiger partial charge in [-0.15, -0.1) is 0 Å². The summed E-state index contributed by atoms with van der Waals surface area (Å²) in [4.78, 5) is 11.6. The van der Waals surface area contributed by atoms with E-state index in [0.29, 0.717) is 0 Å². The van der Waals surface area contributed by atoms with E-state index >= 15 is 0 Å². The number of halogens is 3. The number of carbonyl (C=O) groups excluding carboxylic acids is 1. The molecule has 0 aromatic heterocycles. The number of amides is 1. The molecular weight excluding hydrogens is 235 g/mol. The van der Waals surface area contributed by atoms with E-state index in [9.17, 15) is 18.0 Å². The summed E-state index contributed by atoms with van der Waals surface area (Å²) in [7, 11) is 0. The SMILES string of the molecule is C[C@@H](CO)NC(=O)c1ccccc1C(F)(F)F. The molecule has 0 heterocycles. The second-order valence-electron chi connectivity index (χ2n) is 3.60. The van der Waals surface area contributed by atoms with Crippen LogP contribution in [0.5, 0.6) is 0 Å². The minimum atomic E-state index is -4.57. The monoisotopic (exact) mass is 247 g/mol. The molecule has 1 aromatic carbocycles. The largest absolute Gasteiger partial charge is 0.417 e. The number of rotatable bonds is 3. The van der Waals surface area contributed by atoms with Gasteiger partial charge < -0.3 is 10.4 Å². The lowest BCUT2D eigenvalue weighted by molar-refractivity contribution is -0.137. The van der Waals surface area contributed by atoms with Crippen LogP contribution in [-0.2, 0) is 6.18 Å². The summed E-state index contributed by atoms with van der Waals surface area (Å²) in [6.07, 6.45) is -4.57. The number of nitrogens with one attached hydrogen (secondary N) is 1. The van der Waals surface area contributed by atoms with Crippen LogP contribution in [0.4, 0.5) is 13.2 Å². The lowest BCUT2D eigenvalue weighted by atomic mass is 10.1. The molecule has 94 valence electrons. The van der Waals surface area contributed by atoms with E-state index in [0.717, 1.165) is 12.1 Å². The minimum Gasteiger partial charge on any atom is -0.394 e. The lowest BCUT2D eigenvalue weighted by Crippen LogP contribution is -2.36. The Morgan fingerprint density at radius 3 is 2.53 bits per heavy atom. The van der Waals surface area contributed by atoms with E-state index in [1.165, 1.54) is 19.1 Å². The molecule has 0 fully saturated rings. The van der Waals surface area contributed by atoms with E-state index in [1.54, 1.807) is 0 Å². The van der Waals surface area contributed by atoms with Crippen LogP contribution >= 0.6 is 0 Å². The fourth-order valence-corrected chi connectivity index (χ4v) is 1.28. The van der Waals surface area contributed by atoms with Gasteiger partial charge in [-0.3, -0.25) is 4.79 Å². The van der Waals surface area contributed by atoms with Gasteiger partial charge >= 0.3 is 6.18 Å². The average molecular weight is 247 g/mol. The highest BCUT2D eigenvalue weighted by Gasteiger charge is 2.34. The van der Waals surface area contributed by atoms with Crippen LogP contribution in [-0.4, -0.2) is 23.7 Å². The first-order valence-electron chi connectivity index (χ1n) is 4.94. The molecule has 0 aliphatic carbocycles. The van der Waals surface area contributed by atoms with Gasteiger partial charge in [0.25, 0.3) is 5.91 Å². The maximum absolute atomic E-state index is 12.6. The fraction of sp³-hybridized carbons (Fsp3) is 0.364. The molecule has 3 nitrogen and oxygen atoms in total. The normalized spacial score (nSPS) is 13.2. The van der Waals surface area contributed by atoms with Crippen LogP contribution in [0.3, 0.4) is 0 Å². The summed E-state index contributed by atoms with van der Waals surface area (Å²) in [6.45, 7) is 1.16. The Bertz CT molecular complexity index is 404. The summed E-state index contributed by atoms with van der Waals surface area (Å²) in [5, 5.41) is 11.0. The number of alkyl halides is 3. The number of aliphatic hydroxyl groups excluding tert-OH is 1. The number of hydrogen-bond acceptors (Lipinski definition) is 2. The van der Waals surface area contributed by atoms with Crippen LogP contribution < -0.4 is 5.32 Å². The molecule has 0 unspecified atom stereocenters. The van der Waals surface area contributed by atoms with Gasteiger partial charge in [-0.2, -0.15) is 13.2 Å². The number of aliphatic hydroxyl groups is 1. The molecule has 0 bridgehead atoms. The van der Waals surface area contributed by atoms with Crippen molar-refractivity contribution in [2.45, 2.75) is 19.1 Å². The Morgan fingerprint density at radius 1 is 1.41 bits per heavy atom. The summed E-state index contributed by atoms with van der Waals surface area (Å²) in [6, 6.07) is 3.92. The summed E-state index contributed by atoms with van der Waals surface area (Å²) in [5.41, 5.74) is -1.43. The van der Waals surface area contributed by atoms with Crippen molar-refractivity contribution in [2.75, 3.05) is 6.61 Å². The molecule has 1 atom stereocenters. The van der Waals surface area contributed by atoms with Gasteiger partial charge in [0.2, 0.25) is 0 Å². The molecule has 6 heteroatoms. The zero-order valence-corrected chi connectivity index (χ0v) is 9.08. The Balaban J connectivity index is 3.02. The van der Waals surface area contributed by atoms with Crippen molar-refractivity contribution >= 4 is 5.91 Å². The molecule has 17 heavy (non-hydrogen) atoms. The van der Waals surface area contributed by atoms with Crippen molar-refractivity contribution < 1.29 is 23.1 Å². The Hall–Kier alpha value is -1.56. The highest BCUT2D eigenvalue weighted by atomic mass is 19.4. The first kappa shape index (κ1) is 13.5. The summed E-state index contributed by atoms with van der Waals surface area (Å²) in [5.74, 6) is -0.848. The Kier molecular flexibility index (Phi) is 4.11. The third-order valence-corrected chi connectivity index (χ3v) is 2.13. The third-order valence-electron chi connectivity index (χ3n) is 2.13. The van der Waals surface area contributed by atoms with Gasteiger partial charge in [0, 0.05) is 6.04 Å². The van der Waals surface area contributed by atoms with Crippen LogP contribution in [0.25, 0.3) is 0 Å². The van der Waals surface area contributed by atoms with Crippen molar-refractivity contribution in [2.24, 2.45) is 0 Å². The molecule has 0 aliphatic rings. The van der Waals surface area contributed by atoms with Crippen LogP contribution in [0, 0.1) is 0 Å². The van der Waals surface area contributed by atoms with Gasteiger partial charge in [0.1, 0.15) is 0 Å². The van der Waals surface area contributed by atoms with Crippen molar-refractivity contribution in [3.05, 3.63) is 35.4 Å². The Morgan fingerprint density at radius 2 is 2.00 bits per heavy atom. The van der Waals surface area contributed by atoms with Gasteiger partial charge in [0.05, 0.1) is 17.7 Å². The van der Waals surface area contributed by atoms with Crippen molar-refractivity contribution in [1.82, 2.24) is 5.32 Å².